The number of benzene rings is 2. The molecule has 0 saturated carbocycles. The molecule has 0 aromatic heterocycles. The van der Waals surface area contributed by atoms with Crippen molar-refractivity contribution in [2.45, 2.75) is 17.5 Å². The van der Waals surface area contributed by atoms with E-state index in [1.165, 1.54) is 6.07 Å². The lowest BCUT2D eigenvalue weighted by Crippen LogP contribution is -2.33. The third-order valence-electron chi connectivity index (χ3n) is 3.70. The van der Waals surface area contributed by atoms with E-state index in [-0.39, 0.29) is 4.90 Å². The Morgan fingerprint density at radius 1 is 1.12 bits per heavy atom. The summed E-state index contributed by atoms with van der Waals surface area (Å²) in [5, 5.41) is 14.4. The highest BCUT2D eigenvalue weighted by atomic mass is 32.2. The fourth-order valence-corrected chi connectivity index (χ4v) is 3.51. The fourth-order valence-electron chi connectivity index (χ4n) is 2.69. The lowest BCUT2D eigenvalue weighted by molar-refractivity contribution is 0.535. The quantitative estimate of drug-likeness (QED) is 0.524. The lowest BCUT2D eigenvalue weighted by Gasteiger charge is -2.18. The van der Waals surface area contributed by atoms with Crippen LogP contribution in [0.1, 0.15) is 28.4 Å². The normalized spacial score (nSPS) is 15.3. The molecule has 0 atom stereocenters. The fraction of sp³-hybridized carbons (Fsp3) is 0.133. The van der Waals surface area contributed by atoms with E-state index in [4.69, 9.17) is 10.4 Å². The number of nitriles is 1. The van der Waals surface area contributed by atoms with Gasteiger partial charge >= 0.3 is 0 Å². The summed E-state index contributed by atoms with van der Waals surface area (Å²) in [4.78, 5) is 0.0481. The number of hydrogen-bond donors (Lipinski definition) is 5. The molecule has 1 heterocycles. The molecule has 3 rings (SSSR count). The standard InChI is InChI=1S/C15H16N6O2S/c16-9-11-4-1-3-10(7-11)8-12-5-2-6-13(24(17,22)23)14(12)15-18-20-21-19-15/h1-7,15,18-21H,8H2,(H2,17,22,23). The van der Waals surface area contributed by atoms with Gasteiger partial charge in [0.2, 0.25) is 10.0 Å². The van der Waals surface area contributed by atoms with Gasteiger partial charge in [-0.05, 0) is 35.7 Å². The van der Waals surface area contributed by atoms with Gasteiger partial charge in [-0.3, -0.25) is 0 Å². The molecular formula is C15H16N6O2S. The number of nitrogens with one attached hydrogen (secondary N) is 4. The first kappa shape index (κ1) is 16.5. The minimum Gasteiger partial charge on any atom is -0.225 e. The largest absolute Gasteiger partial charge is 0.238 e. The van der Waals surface area contributed by atoms with Crippen LogP contribution in [-0.2, 0) is 16.4 Å². The molecule has 2 aromatic rings. The van der Waals surface area contributed by atoms with Crippen molar-refractivity contribution in [3.8, 4) is 6.07 Å². The van der Waals surface area contributed by atoms with Crippen molar-refractivity contribution in [2.75, 3.05) is 0 Å². The molecule has 1 aliphatic heterocycles. The zero-order chi connectivity index (χ0) is 17.2. The molecule has 0 radical (unpaired) electrons. The highest BCUT2D eigenvalue weighted by molar-refractivity contribution is 7.89. The van der Waals surface area contributed by atoms with Gasteiger partial charge in [-0.1, -0.05) is 24.3 Å². The van der Waals surface area contributed by atoms with Crippen molar-refractivity contribution < 1.29 is 8.42 Å². The summed E-state index contributed by atoms with van der Waals surface area (Å²) in [5.74, 6) is 0. The number of nitrogens with zero attached hydrogens (tertiary/aromatic N) is 1. The molecule has 0 unspecified atom stereocenters. The first-order valence-corrected chi connectivity index (χ1v) is 8.68. The Bertz CT molecular complexity index is 900. The van der Waals surface area contributed by atoms with Crippen molar-refractivity contribution in [1.82, 2.24) is 21.9 Å². The SMILES string of the molecule is N#Cc1cccc(Cc2cccc(S(N)(=O)=O)c2C2NNNN2)c1. The van der Waals surface area contributed by atoms with Crippen LogP contribution in [-0.4, -0.2) is 8.42 Å². The van der Waals surface area contributed by atoms with E-state index >= 15 is 0 Å². The molecule has 0 bridgehead atoms. The summed E-state index contributed by atoms with van der Waals surface area (Å²) < 4.78 is 23.9. The van der Waals surface area contributed by atoms with Crippen molar-refractivity contribution in [3.05, 3.63) is 64.7 Å². The maximum Gasteiger partial charge on any atom is 0.238 e. The highest BCUT2D eigenvalue weighted by Gasteiger charge is 2.26. The van der Waals surface area contributed by atoms with Gasteiger partial charge in [0, 0.05) is 5.56 Å². The highest BCUT2D eigenvalue weighted by Crippen LogP contribution is 2.27. The van der Waals surface area contributed by atoms with Gasteiger partial charge in [0.15, 0.2) is 0 Å². The molecule has 0 amide bonds. The molecule has 1 saturated heterocycles. The second-order valence-corrected chi connectivity index (χ2v) is 6.86. The van der Waals surface area contributed by atoms with Crippen LogP contribution in [0.25, 0.3) is 0 Å². The van der Waals surface area contributed by atoms with Gasteiger partial charge in [-0.15, -0.1) is 0 Å². The number of sulfonamides is 1. The van der Waals surface area contributed by atoms with E-state index in [1.807, 2.05) is 12.1 Å². The number of hydrazine groups is 3. The predicted molar refractivity (Wildman–Crippen MR) is 87.1 cm³/mol. The minimum absolute atomic E-state index is 0.0481. The van der Waals surface area contributed by atoms with Crippen molar-refractivity contribution >= 4 is 10.0 Å². The van der Waals surface area contributed by atoms with E-state index < -0.39 is 16.2 Å². The van der Waals surface area contributed by atoms with Crippen molar-refractivity contribution in [3.63, 3.8) is 0 Å². The van der Waals surface area contributed by atoms with Crippen LogP contribution in [0.3, 0.4) is 0 Å². The average Bonchev–Trinajstić information content (AvgIpc) is 3.08. The molecule has 9 heteroatoms. The van der Waals surface area contributed by atoms with Crippen LogP contribution in [0, 0.1) is 11.3 Å². The topological polar surface area (TPSA) is 132 Å². The first-order valence-electron chi connectivity index (χ1n) is 7.14. The predicted octanol–water partition coefficient (Wildman–Crippen LogP) is -0.0879. The van der Waals surface area contributed by atoms with Crippen LogP contribution in [0.15, 0.2) is 47.4 Å². The Kier molecular flexibility index (Phi) is 4.59. The molecule has 6 N–H and O–H groups in total. The van der Waals surface area contributed by atoms with Crippen LogP contribution in [0.5, 0.6) is 0 Å². The lowest BCUT2D eigenvalue weighted by atomic mass is 9.97. The zero-order valence-corrected chi connectivity index (χ0v) is 13.4. The maximum atomic E-state index is 12.0. The molecule has 1 aliphatic rings. The monoisotopic (exact) mass is 344 g/mol. The summed E-state index contributed by atoms with van der Waals surface area (Å²) in [6, 6.07) is 14.3. The third-order valence-corrected chi connectivity index (χ3v) is 4.67. The molecule has 8 nitrogen and oxygen atoms in total. The Morgan fingerprint density at radius 2 is 1.83 bits per heavy atom. The summed E-state index contributed by atoms with van der Waals surface area (Å²) in [5.41, 5.74) is 13.9. The smallest absolute Gasteiger partial charge is 0.225 e. The summed E-state index contributed by atoms with van der Waals surface area (Å²) in [6.45, 7) is 0. The van der Waals surface area contributed by atoms with Gasteiger partial charge in [0.05, 0.1) is 16.5 Å². The Labute approximate surface area is 139 Å². The van der Waals surface area contributed by atoms with Crippen molar-refractivity contribution in [1.29, 1.82) is 5.26 Å². The van der Waals surface area contributed by atoms with Crippen LogP contribution in [0.2, 0.25) is 0 Å². The average molecular weight is 344 g/mol. The van der Waals surface area contributed by atoms with E-state index in [2.05, 4.69) is 28.0 Å². The first-order chi connectivity index (χ1) is 11.5. The number of hydrogen-bond acceptors (Lipinski definition) is 7. The summed E-state index contributed by atoms with van der Waals surface area (Å²) in [7, 11) is -3.89. The number of nitrogens with two attached hydrogens (primary N) is 1. The molecule has 24 heavy (non-hydrogen) atoms. The number of primary sulfonamides is 1. The van der Waals surface area contributed by atoms with Gasteiger partial charge in [-0.2, -0.15) is 16.3 Å². The van der Waals surface area contributed by atoms with Crippen LogP contribution in [0.4, 0.5) is 0 Å². The van der Waals surface area contributed by atoms with Gasteiger partial charge in [0.25, 0.3) is 0 Å². The molecule has 124 valence electrons. The second kappa shape index (κ2) is 6.66. The van der Waals surface area contributed by atoms with E-state index in [0.29, 0.717) is 17.5 Å². The van der Waals surface area contributed by atoms with Gasteiger partial charge in [-0.25, -0.2) is 24.4 Å². The Hall–Kier alpha value is -2.32. The van der Waals surface area contributed by atoms with Gasteiger partial charge < -0.3 is 0 Å². The molecule has 1 fully saturated rings. The summed E-state index contributed by atoms with van der Waals surface area (Å²) in [6.07, 6.45) is -0.0117. The van der Waals surface area contributed by atoms with E-state index in [0.717, 1.165) is 11.1 Å². The second-order valence-electron chi connectivity index (χ2n) is 5.33. The van der Waals surface area contributed by atoms with E-state index in [9.17, 15) is 8.42 Å². The summed E-state index contributed by atoms with van der Waals surface area (Å²) >= 11 is 0. The molecule has 2 aromatic carbocycles. The van der Waals surface area contributed by atoms with E-state index in [1.54, 1.807) is 24.3 Å². The zero-order valence-electron chi connectivity index (χ0n) is 12.6. The molecule has 0 aliphatic carbocycles. The maximum absolute atomic E-state index is 12.0. The van der Waals surface area contributed by atoms with Crippen LogP contribution >= 0.6 is 0 Å². The minimum atomic E-state index is -3.89. The number of rotatable bonds is 4. The Morgan fingerprint density at radius 3 is 2.50 bits per heavy atom. The van der Waals surface area contributed by atoms with Crippen molar-refractivity contribution in [2.24, 2.45) is 5.14 Å². The van der Waals surface area contributed by atoms with Gasteiger partial charge in [0.1, 0.15) is 6.17 Å². The van der Waals surface area contributed by atoms with Crippen LogP contribution < -0.4 is 27.1 Å². The molecule has 0 spiro atoms. The molecular weight excluding hydrogens is 328 g/mol. The Balaban J connectivity index is 2.08. The third kappa shape index (κ3) is 3.44.